The van der Waals surface area contributed by atoms with Crippen LogP contribution in [0.5, 0.6) is 17.2 Å². The zero-order valence-electron chi connectivity index (χ0n) is 18.1. The van der Waals surface area contributed by atoms with Crippen molar-refractivity contribution < 1.29 is 38.1 Å². The Labute approximate surface area is 184 Å². The summed E-state index contributed by atoms with van der Waals surface area (Å²) in [4.78, 5) is 36.7. The minimum Gasteiger partial charge on any atom is -0.494 e. The Balaban J connectivity index is 1.72. The van der Waals surface area contributed by atoms with Crippen LogP contribution in [0.1, 0.15) is 28.4 Å². The van der Waals surface area contributed by atoms with Crippen LogP contribution >= 0.6 is 0 Å². The number of fused-ring (bicyclic) bond motifs is 1. The van der Waals surface area contributed by atoms with E-state index in [1.807, 2.05) is 0 Å². The van der Waals surface area contributed by atoms with Gasteiger partial charge in [0, 0.05) is 24.4 Å². The van der Waals surface area contributed by atoms with Crippen LogP contribution in [0, 0.1) is 0 Å². The highest BCUT2D eigenvalue weighted by molar-refractivity contribution is 6.00. The third kappa shape index (κ3) is 4.75. The number of hydrogen-bond donors (Lipinski definition) is 2. The molecule has 2 aromatic rings. The van der Waals surface area contributed by atoms with E-state index < -0.39 is 12.1 Å². The van der Waals surface area contributed by atoms with E-state index in [0.29, 0.717) is 28.4 Å². The van der Waals surface area contributed by atoms with Gasteiger partial charge in [-0.05, 0) is 18.2 Å². The normalized spacial score (nSPS) is 14.2. The third-order valence-electron chi connectivity index (χ3n) is 4.78. The number of rotatable bonds is 9. The predicted octanol–water partition coefficient (Wildman–Crippen LogP) is 2.54. The summed E-state index contributed by atoms with van der Waals surface area (Å²) in [7, 11) is 5.77. The Bertz CT molecular complexity index is 1040. The monoisotopic (exact) mass is 444 g/mol. The lowest BCUT2D eigenvalue weighted by molar-refractivity contribution is -0.120. The summed E-state index contributed by atoms with van der Waals surface area (Å²) in [6.07, 6.45) is -0.852. The fraction of sp³-hybridized carbons (Fsp3) is 0.318. The van der Waals surface area contributed by atoms with Crippen molar-refractivity contribution in [3.63, 3.8) is 0 Å². The average molecular weight is 444 g/mol. The smallest absolute Gasteiger partial charge is 0.343 e. The number of ether oxygens (including phenoxy) is 5. The van der Waals surface area contributed by atoms with Crippen molar-refractivity contribution in [1.29, 1.82) is 0 Å². The second-order valence-electron chi connectivity index (χ2n) is 6.81. The number of amides is 2. The zero-order chi connectivity index (χ0) is 23.3. The van der Waals surface area contributed by atoms with Crippen LogP contribution in [0.2, 0.25) is 0 Å². The van der Waals surface area contributed by atoms with Crippen molar-refractivity contribution in [3.8, 4) is 17.2 Å². The van der Waals surface area contributed by atoms with Crippen LogP contribution in [0.15, 0.2) is 30.3 Å². The first kappa shape index (κ1) is 22.9. The molecule has 32 heavy (non-hydrogen) atoms. The van der Waals surface area contributed by atoms with Crippen molar-refractivity contribution >= 4 is 29.2 Å². The van der Waals surface area contributed by atoms with E-state index in [-0.39, 0.29) is 36.2 Å². The van der Waals surface area contributed by atoms with E-state index in [1.165, 1.54) is 28.4 Å². The fourth-order valence-corrected chi connectivity index (χ4v) is 3.39. The molecule has 1 atom stereocenters. The SMILES string of the molecule is COCC(=O)Nc1ccc(NC(=O)CC2OC(=O)c3c2ccc(OC)c3OC)cc1OC. The molecule has 1 heterocycles. The van der Waals surface area contributed by atoms with Gasteiger partial charge in [0.2, 0.25) is 11.8 Å². The molecule has 1 aliphatic rings. The summed E-state index contributed by atoms with van der Waals surface area (Å²) in [6.45, 7) is -0.0973. The van der Waals surface area contributed by atoms with E-state index in [9.17, 15) is 14.4 Å². The molecule has 3 rings (SSSR count). The quantitative estimate of drug-likeness (QED) is 0.566. The molecule has 0 spiro atoms. The maximum absolute atomic E-state index is 12.6. The molecule has 0 saturated heterocycles. The maximum Gasteiger partial charge on any atom is 0.343 e. The van der Waals surface area contributed by atoms with Crippen LogP contribution < -0.4 is 24.8 Å². The molecule has 170 valence electrons. The zero-order valence-corrected chi connectivity index (χ0v) is 18.1. The molecule has 1 unspecified atom stereocenters. The highest BCUT2D eigenvalue weighted by atomic mass is 16.6. The standard InChI is InChI=1S/C22H24N2O8/c1-28-11-19(26)24-14-7-5-12(9-17(14)30-3)23-18(25)10-16-13-6-8-15(29-2)21(31-4)20(13)22(27)32-16/h5-9,16H,10-11H2,1-4H3,(H,23,25)(H,24,26). The van der Waals surface area contributed by atoms with E-state index in [1.54, 1.807) is 30.3 Å². The Morgan fingerprint density at radius 3 is 2.34 bits per heavy atom. The first-order valence-electron chi connectivity index (χ1n) is 9.64. The minimum absolute atomic E-state index is 0.0944. The van der Waals surface area contributed by atoms with Crippen molar-refractivity contribution in [1.82, 2.24) is 0 Å². The van der Waals surface area contributed by atoms with E-state index in [0.717, 1.165) is 0 Å². The molecule has 2 amide bonds. The molecule has 0 saturated carbocycles. The van der Waals surface area contributed by atoms with E-state index >= 15 is 0 Å². The minimum atomic E-state index is -0.758. The van der Waals surface area contributed by atoms with Gasteiger partial charge in [-0.1, -0.05) is 6.07 Å². The van der Waals surface area contributed by atoms with Gasteiger partial charge in [0.15, 0.2) is 11.5 Å². The van der Waals surface area contributed by atoms with Crippen LogP contribution in [0.3, 0.4) is 0 Å². The number of hydrogen-bond acceptors (Lipinski definition) is 8. The topological polar surface area (TPSA) is 121 Å². The second kappa shape index (κ2) is 10.0. The molecule has 0 aromatic heterocycles. The van der Waals surface area contributed by atoms with Gasteiger partial charge in [0.25, 0.3) is 0 Å². The number of nitrogens with one attached hydrogen (secondary N) is 2. The number of carbonyl (C=O) groups excluding carboxylic acids is 3. The van der Waals surface area contributed by atoms with Gasteiger partial charge in [-0.25, -0.2) is 4.79 Å². The number of esters is 1. The Hall–Kier alpha value is -3.79. The third-order valence-corrected chi connectivity index (χ3v) is 4.78. The lowest BCUT2D eigenvalue weighted by atomic mass is 10.0. The number of cyclic esters (lactones) is 1. The van der Waals surface area contributed by atoms with Gasteiger partial charge < -0.3 is 34.3 Å². The van der Waals surface area contributed by atoms with Crippen molar-refractivity contribution in [2.75, 3.05) is 45.7 Å². The number of methoxy groups -OCH3 is 4. The fourth-order valence-electron chi connectivity index (χ4n) is 3.39. The highest BCUT2D eigenvalue weighted by Gasteiger charge is 2.36. The maximum atomic E-state index is 12.6. The summed E-state index contributed by atoms with van der Waals surface area (Å²) in [6, 6.07) is 8.13. The first-order valence-corrected chi connectivity index (χ1v) is 9.64. The van der Waals surface area contributed by atoms with Gasteiger partial charge in [0.05, 0.1) is 33.4 Å². The molecular formula is C22H24N2O8. The summed E-state index contributed by atoms with van der Waals surface area (Å²) < 4.78 is 26.0. The largest absolute Gasteiger partial charge is 0.494 e. The number of benzene rings is 2. The second-order valence-corrected chi connectivity index (χ2v) is 6.81. The van der Waals surface area contributed by atoms with Gasteiger partial charge >= 0.3 is 5.97 Å². The molecule has 1 aliphatic heterocycles. The van der Waals surface area contributed by atoms with E-state index in [2.05, 4.69) is 10.6 Å². The molecule has 0 radical (unpaired) electrons. The number of anilines is 2. The van der Waals surface area contributed by atoms with Crippen molar-refractivity contribution in [3.05, 3.63) is 41.5 Å². The van der Waals surface area contributed by atoms with Crippen molar-refractivity contribution in [2.24, 2.45) is 0 Å². The molecule has 0 aliphatic carbocycles. The van der Waals surface area contributed by atoms with Crippen LogP contribution in [0.25, 0.3) is 0 Å². The average Bonchev–Trinajstić information content (AvgIpc) is 3.09. The highest BCUT2D eigenvalue weighted by Crippen LogP contribution is 2.43. The first-order chi connectivity index (χ1) is 15.4. The summed E-state index contributed by atoms with van der Waals surface area (Å²) >= 11 is 0. The summed E-state index contributed by atoms with van der Waals surface area (Å²) in [5.74, 6) is -0.250. The van der Waals surface area contributed by atoms with Gasteiger partial charge in [-0.15, -0.1) is 0 Å². The summed E-state index contributed by atoms with van der Waals surface area (Å²) in [5, 5.41) is 5.40. The predicted molar refractivity (Wildman–Crippen MR) is 114 cm³/mol. The summed E-state index contributed by atoms with van der Waals surface area (Å²) in [5.41, 5.74) is 1.69. The lowest BCUT2D eigenvalue weighted by Crippen LogP contribution is -2.18. The molecule has 0 bridgehead atoms. The molecule has 0 fully saturated rings. The number of carbonyl (C=O) groups is 3. The molecule has 10 heteroatoms. The van der Waals surface area contributed by atoms with Crippen LogP contribution in [-0.2, 0) is 19.1 Å². The Morgan fingerprint density at radius 1 is 0.938 bits per heavy atom. The lowest BCUT2D eigenvalue weighted by Gasteiger charge is -2.14. The Kier molecular flexibility index (Phi) is 7.16. The van der Waals surface area contributed by atoms with Gasteiger partial charge in [-0.3, -0.25) is 9.59 Å². The van der Waals surface area contributed by atoms with Crippen LogP contribution in [0.4, 0.5) is 11.4 Å². The van der Waals surface area contributed by atoms with Gasteiger partial charge in [0.1, 0.15) is 24.0 Å². The molecule has 10 nitrogen and oxygen atoms in total. The van der Waals surface area contributed by atoms with Crippen molar-refractivity contribution in [2.45, 2.75) is 12.5 Å². The molecular weight excluding hydrogens is 420 g/mol. The van der Waals surface area contributed by atoms with Crippen LogP contribution in [-0.4, -0.2) is 52.8 Å². The molecule has 2 N–H and O–H groups in total. The van der Waals surface area contributed by atoms with E-state index in [4.69, 9.17) is 23.7 Å². The molecule has 2 aromatic carbocycles. The Morgan fingerprint density at radius 2 is 1.69 bits per heavy atom. The van der Waals surface area contributed by atoms with Gasteiger partial charge in [-0.2, -0.15) is 0 Å².